The Hall–Kier alpha value is -2.32. The summed E-state index contributed by atoms with van der Waals surface area (Å²) in [5.41, 5.74) is 6.94. The van der Waals surface area contributed by atoms with Gasteiger partial charge in [0, 0.05) is 18.4 Å². The van der Waals surface area contributed by atoms with Crippen molar-refractivity contribution < 1.29 is 14.3 Å². The van der Waals surface area contributed by atoms with Gasteiger partial charge >= 0.3 is 0 Å². The average Bonchev–Trinajstić information content (AvgIpc) is 2.49. The van der Waals surface area contributed by atoms with E-state index in [1.54, 1.807) is 19.2 Å². The monoisotopic (exact) mass is 286 g/mol. The van der Waals surface area contributed by atoms with Crippen LogP contribution in [0.5, 0.6) is 5.75 Å². The summed E-state index contributed by atoms with van der Waals surface area (Å²) in [4.78, 5) is 25.1. The van der Waals surface area contributed by atoms with Crippen LogP contribution in [0.2, 0.25) is 0 Å². The van der Waals surface area contributed by atoms with Gasteiger partial charge in [0.05, 0.1) is 20.2 Å². The minimum Gasteiger partial charge on any atom is -0.497 e. The van der Waals surface area contributed by atoms with Gasteiger partial charge in [-0.05, 0) is 30.2 Å². The summed E-state index contributed by atoms with van der Waals surface area (Å²) in [6, 6.07) is 5.41. The van der Waals surface area contributed by atoms with E-state index < -0.39 is 0 Å². The van der Waals surface area contributed by atoms with Gasteiger partial charge < -0.3 is 10.5 Å². The third-order valence-corrected chi connectivity index (χ3v) is 3.35. The molecule has 21 heavy (non-hydrogen) atoms. The number of ether oxygens (including phenoxy) is 1. The Morgan fingerprint density at radius 3 is 2.62 bits per heavy atom. The number of carbonyl (C=O) groups excluding carboxylic acids is 2. The fraction of sp³-hybridized carbons (Fsp3) is 0.375. The topological polar surface area (TPSA) is 72.6 Å². The second kappa shape index (κ2) is 6.91. The average molecular weight is 286 g/mol. The van der Waals surface area contributed by atoms with Crippen LogP contribution >= 0.6 is 0 Å². The molecular formula is C16H18N2O3. The predicted molar refractivity (Wildman–Crippen MR) is 78.3 cm³/mol. The molecule has 1 heterocycles. The van der Waals surface area contributed by atoms with Crippen molar-refractivity contribution in [2.45, 2.75) is 25.8 Å². The molecule has 2 N–H and O–H groups in total. The lowest BCUT2D eigenvalue weighted by Crippen LogP contribution is -2.39. The van der Waals surface area contributed by atoms with E-state index in [0.29, 0.717) is 25.0 Å². The van der Waals surface area contributed by atoms with Gasteiger partial charge in [-0.15, -0.1) is 0 Å². The van der Waals surface area contributed by atoms with E-state index >= 15 is 0 Å². The molecule has 0 bridgehead atoms. The molecule has 2 amide bonds. The summed E-state index contributed by atoms with van der Waals surface area (Å²) in [5.74, 6) is 6.16. The molecule has 0 radical (unpaired) electrons. The van der Waals surface area contributed by atoms with E-state index in [1.165, 1.54) is 4.90 Å². The lowest BCUT2D eigenvalue weighted by molar-refractivity contribution is -0.148. The van der Waals surface area contributed by atoms with Crippen molar-refractivity contribution in [3.05, 3.63) is 29.3 Å². The highest BCUT2D eigenvalue weighted by atomic mass is 16.5. The SMILES string of the molecule is COc1ccc(C#CCN)c(CN2C(=O)CCCC2=O)c1. The van der Waals surface area contributed by atoms with E-state index in [4.69, 9.17) is 10.5 Å². The van der Waals surface area contributed by atoms with E-state index in [0.717, 1.165) is 11.1 Å². The van der Waals surface area contributed by atoms with Crippen LogP contribution in [-0.2, 0) is 16.1 Å². The second-order valence-electron chi connectivity index (χ2n) is 4.76. The van der Waals surface area contributed by atoms with Crippen LogP contribution in [-0.4, -0.2) is 30.4 Å². The summed E-state index contributed by atoms with van der Waals surface area (Å²) in [7, 11) is 1.57. The zero-order valence-corrected chi connectivity index (χ0v) is 12.0. The molecule has 1 aromatic carbocycles. The van der Waals surface area contributed by atoms with Crippen molar-refractivity contribution in [1.29, 1.82) is 0 Å². The number of methoxy groups -OCH3 is 1. The maximum Gasteiger partial charge on any atom is 0.229 e. The fourth-order valence-electron chi connectivity index (χ4n) is 2.24. The number of imide groups is 1. The molecule has 0 aliphatic carbocycles. The molecule has 0 spiro atoms. The number of nitrogens with two attached hydrogens (primary N) is 1. The van der Waals surface area contributed by atoms with Crippen LogP contribution in [0.4, 0.5) is 0 Å². The summed E-state index contributed by atoms with van der Waals surface area (Å²) >= 11 is 0. The van der Waals surface area contributed by atoms with Gasteiger partial charge in [-0.25, -0.2) is 0 Å². The molecular weight excluding hydrogens is 268 g/mol. The smallest absolute Gasteiger partial charge is 0.229 e. The van der Waals surface area contributed by atoms with Gasteiger partial charge in [-0.1, -0.05) is 11.8 Å². The number of benzene rings is 1. The number of likely N-dealkylation sites (tertiary alicyclic amines) is 1. The molecule has 0 unspecified atom stereocenters. The first-order valence-electron chi connectivity index (χ1n) is 6.84. The third-order valence-electron chi connectivity index (χ3n) is 3.35. The molecule has 5 heteroatoms. The standard InChI is InChI=1S/C16H18N2O3/c1-21-14-8-7-12(4-3-9-17)13(10-14)11-18-15(19)5-2-6-16(18)20/h7-8,10H,2,5-6,9,11,17H2,1H3. The van der Waals surface area contributed by atoms with Crippen molar-refractivity contribution >= 4 is 11.8 Å². The summed E-state index contributed by atoms with van der Waals surface area (Å²) in [6.07, 6.45) is 1.46. The Bertz CT molecular complexity index is 598. The summed E-state index contributed by atoms with van der Waals surface area (Å²) < 4.78 is 5.20. The van der Waals surface area contributed by atoms with E-state index in [-0.39, 0.29) is 24.9 Å². The van der Waals surface area contributed by atoms with Gasteiger partial charge in [0.2, 0.25) is 11.8 Å². The number of rotatable bonds is 3. The zero-order chi connectivity index (χ0) is 15.2. The second-order valence-corrected chi connectivity index (χ2v) is 4.76. The van der Waals surface area contributed by atoms with E-state index in [1.807, 2.05) is 6.07 Å². The van der Waals surface area contributed by atoms with Crippen LogP contribution in [0.3, 0.4) is 0 Å². The van der Waals surface area contributed by atoms with Gasteiger partial charge in [-0.3, -0.25) is 14.5 Å². The third kappa shape index (κ3) is 3.61. The normalized spacial score (nSPS) is 14.7. The first-order chi connectivity index (χ1) is 10.2. The number of amides is 2. The minimum atomic E-state index is -0.133. The molecule has 1 aliphatic heterocycles. The lowest BCUT2D eigenvalue weighted by Gasteiger charge is -2.25. The van der Waals surface area contributed by atoms with Crippen molar-refractivity contribution in [2.75, 3.05) is 13.7 Å². The van der Waals surface area contributed by atoms with Crippen molar-refractivity contribution in [2.24, 2.45) is 5.73 Å². The Morgan fingerprint density at radius 2 is 2.00 bits per heavy atom. The Morgan fingerprint density at radius 1 is 1.29 bits per heavy atom. The molecule has 110 valence electrons. The molecule has 1 aliphatic rings. The largest absolute Gasteiger partial charge is 0.497 e. The molecule has 0 aromatic heterocycles. The van der Waals surface area contributed by atoms with Crippen LogP contribution in [0.25, 0.3) is 0 Å². The molecule has 1 saturated heterocycles. The van der Waals surface area contributed by atoms with Gasteiger partial charge in [0.25, 0.3) is 0 Å². The Labute approximate surface area is 124 Å². The lowest BCUT2D eigenvalue weighted by atomic mass is 10.0. The Kier molecular flexibility index (Phi) is 4.96. The fourth-order valence-corrected chi connectivity index (χ4v) is 2.24. The highest BCUT2D eigenvalue weighted by Gasteiger charge is 2.26. The number of hydrogen-bond acceptors (Lipinski definition) is 4. The number of piperidine rings is 1. The first-order valence-corrected chi connectivity index (χ1v) is 6.84. The molecule has 5 nitrogen and oxygen atoms in total. The maximum atomic E-state index is 11.9. The summed E-state index contributed by atoms with van der Waals surface area (Å²) in [6.45, 7) is 0.483. The van der Waals surface area contributed by atoms with Crippen LogP contribution in [0.1, 0.15) is 30.4 Å². The van der Waals surface area contributed by atoms with Gasteiger partial charge in [0.1, 0.15) is 5.75 Å². The quantitative estimate of drug-likeness (QED) is 0.666. The molecule has 1 fully saturated rings. The van der Waals surface area contributed by atoms with Gasteiger partial charge in [0.15, 0.2) is 0 Å². The zero-order valence-electron chi connectivity index (χ0n) is 12.0. The number of nitrogens with zero attached hydrogens (tertiary/aromatic N) is 1. The van der Waals surface area contributed by atoms with Crippen LogP contribution in [0, 0.1) is 11.8 Å². The van der Waals surface area contributed by atoms with Crippen molar-refractivity contribution in [3.63, 3.8) is 0 Å². The Balaban J connectivity index is 2.31. The number of hydrogen-bond donors (Lipinski definition) is 1. The van der Waals surface area contributed by atoms with Gasteiger partial charge in [-0.2, -0.15) is 0 Å². The van der Waals surface area contributed by atoms with E-state index in [2.05, 4.69) is 11.8 Å². The molecule has 2 rings (SSSR count). The molecule has 0 saturated carbocycles. The predicted octanol–water partition coefficient (Wildman–Crippen LogP) is 1.04. The maximum absolute atomic E-state index is 11.9. The highest BCUT2D eigenvalue weighted by Crippen LogP contribution is 2.21. The molecule has 1 aromatic rings. The first kappa shape index (κ1) is 15.1. The minimum absolute atomic E-state index is 0.133. The van der Waals surface area contributed by atoms with Crippen LogP contribution < -0.4 is 10.5 Å². The van der Waals surface area contributed by atoms with Crippen molar-refractivity contribution in [3.8, 4) is 17.6 Å². The number of carbonyl (C=O) groups is 2. The van der Waals surface area contributed by atoms with E-state index in [9.17, 15) is 9.59 Å². The highest BCUT2D eigenvalue weighted by molar-refractivity contribution is 5.97. The molecule has 0 atom stereocenters. The van der Waals surface area contributed by atoms with Crippen molar-refractivity contribution in [1.82, 2.24) is 4.90 Å². The summed E-state index contributed by atoms with van der Waals surface area (Å²) in [5, 5.41) is 0. The van der Waals surface area contributed by atoms with Crippen LogP contribution in [0.15, 0.2) is 18.2 Å².